The number of hydrogen-bond donors (Lipinski definition) is 1. The molecule has 1 nitrogen and oxygen atoms in total. The Balaban J connectivity index is 2.35. The maximum absolute atomic E-state index is 13.6. The second kappa shape index (κ2) is 5.34. The minimum atomic E-state index is -0.193. The summed E-state index contributed by atoms with van der Waals surface area (Å²) < 4.78 is 13.6. The summed E-state index contributed by atoms with van der Waals surface area (Å²) >= 11 is 1.42. The molecule has 0 spiro atoms. The van der Waals surface area contributed by atoms with Gasteiger partial charge in [-0.25, -0.2) is 4.39 Å². The maximum Gasteiger partial charge on any atom is 0.137 e. The molecule has 17 heavy (non-hydrogen) atoms. The average molecular weight is 247 g/mol. The van der Waals surface area contributed by atoms with E-state index in [4.69, 9.17) is 5.73 Å². The van der Waals surface area contributed by atoms with Gasteiger partial charge in [-0.3, -0.25) is 0 Å². The van der Waals surface area contributed by atoms with Crippen LogP contribution in [0.2, 0.25) is 0 Å². The van der Waals surface area contributed by atoms with Crippen molar-refractivity contribution >= 4 is 11.8 Å². The molecule has 2 aromatic rings. The van der Waals surface area contributed by atoms with Gasteiger partial charge in [-0.05, 0) is 36.2 Å². The third kappa shape index (κ3) is 2.87. The van der Waals surface area contributed by atoms with Crippen LogP contribution in [0.4, 0.5) is 4.39 Å². The van der Waals surface area contributed by atoms with E-state index in [0.29, 0.717) is 11.4 Å². The van der Waals surface area contributed by atoms with Gasteiger partial charge in [-0.2, -0.15) is 0 Å². The van der Waals surface area contributed by atoms with Crippen LogP contribution in [0, 0.1) is 12.7 Å². The number of hydrogen-bond acceptors (Lipinski definition) is 2. The van der Waals surface area contributed by atoms with E-state index in [0.717, 1.165) is 16.0 Å². The quantitative estimate of drug-likeness (QED) is 0.894. The van der Waals surface area contributed by atoms with Crippen LogP contribution >= 0.6 is 11.8 Å². The second-order valence-electron chi connectivity index (χ2n) is 3.85. The zero-order valence-electron chi connectivity index (χ0n) is 9.61. The molecular formula is C14H14FNS. The highest BCUT2D eigenvalue weighted by atomic mass is 32.2. The van der Waals surface area contributed by atoms with Gasteiger partial charge in [0, 0.05) is 16.3 Å². The summed E-state index contributed by atoms with van der Waals surface area (Å²) in [7, 11) is 0. The van der Waals surface area contributed by atoms with Crippen LogP contribution in [0.25, 0.3) is 0 Å². The molecule has 0 bridgehead atoms. The molecule has 0 aliphatic carbocycles. The molecule has 3 heteroatoms. The highest BCUT2D eigenvalue weighted by Gasteiger charge is 2.07. The van der Waals surface area contributed by atoms with Crippen molar-refractivity contribution in [1.82, 2.24) is 0 Å². The van der Waals surface area contributed by atoms with Gasteiger partial charge in [0.2, 0.25) is 0 Å². The molecule has 0 aliphatic heterocycles. The first-order valence-electron chi connectivity index (χ1n) is 5.42. The monoisotopic (exact) mass is 247 g/mol. The van der Waals surface area contributed by atoms with Crippen molar-refractivity contribution in [3.8, 4) is 0 Å². The Morgan fingerprint density at radius 1 is 1.12 bits per heavy atom. The van der Waals surface area contributed by atoms with Gasteiger partial charge in [0.05, 0.1) is 0 Å². The zero-order chi connectivity index (χ0) is 12.3. The molecule has 0 saturated carbocycles. The Hall–Kier alpha value is -1.32. The third-order valence-electron chi connectivity index (χ3n) is 2.50. The molecule has 0 heterocycles. The summed E-state index contributed by atoms with van der Waals surface area (Å²) in [5.41, 5.74) is 7.88. The van der Waals surface area contributed by atoms with Gasteiger partial charge in [-0.15, -0.1) is 0 Å². The maximum atomic E-state index is 13.6. The van der Waals surface area contributed by atoms with Gasteiger partial charge >= 0.3 is 0 Å². The van der Waals surface area contributed by atoms with Gasteiger partial charge in [0.1, 0.15) is 5.82 Å². The topological polar surface area (TPSA) is 26.0 Å². The van der Waals surface area contributed by atoms with Crippen LogP contribution in [-0.4, -0.2) is 0 Å². The second-order valence-corrected chi connectivity index (χ2v) is 4.93. The van der Waals surface area contributed by atoms with Crippen molar-refractivity contribution in [1.29, 1.82) is 0 Å². The summed E-state index contributed by atoms with van der Waals surface area (Å²) in [6.45, 7) is 2.49. The van der Waals surface area contributed by atoms with Crippen LogP contribution in [0.5, 0.6) is 0 Å². The van der Waals surface area contributed by atoms with E-state index in [9.17, 15) is 4.39 Å². The third-order valence-corrected chi connectivity index (χ3v) is 3.65. The highest BCUT2D eigenvalue weighted by molar-refractivity contribution is 7.99. The first-order valence-corrected chi connectivity index (χ1v) is 6.24. The van der Waals surface area contributed by atoms with Crippen molar-refractivity contribution in [3.05, 3.63) is 59.4 Å². The van der Waals surface area contributed by atoms with Crippen LogP contribution in [-0.2, 0) is 6.54 Å². The van der Waals surface area contributed by atoms with E-state index < -0.39 is 0 Å². The molecule has 88 valence electrons. The van der Waals surface area contributed by atoms with Crippen LogP contribution < -0.4 is 5.73 Å². The summed E-state index contributed by atoms with van der Waals surface area (Å²) in [4.78, 5) is 1.66. The lowest BCUT2D eigenvalue weighted by molar-refractivity contribution is 0.602. The zero-order valence-corrected chi connectivity index (χ0v) is 10.4. The average Bonchev–Trinajstić information content (AvgIpc) is 2.32. The van der Waals surface area contributed by atoms with Gasteiger partial charge < -0.3 is 5.73 Å². The van der Waals surface area contributed by atoms with Gasteiger partial charge in [0.15, 0.2) is 0 Å². The largest absolute Gasteiger partial charge is 0.326 e. The fraction of sp³-hybridized carbons (Fsp3) is 0.143. The SMILES string of the molecule is Cc1ccc(CN)c(Sc2ccccc2F)c1. The molecule has 0 aromatic heterocycles. The number of aryl methyl sites for hydroxylation is 1. The van der Waals surface area contributed by atoms with Crippen LogP contribution in [0.15, 0.2) is 52.3 Å². The highest BCUT2D eigenvalue weighted by Crippen LogP contribution is 2.32. The molecule has 2 rings (SSSR count). The van der Waals surface area contributed by atoms with E-state index in [-0.39, 0.29) is 5.82 Å². The lowest BCUT2D eigenvalue weighted by atomic mass is 10.1. The van der Waals surface area contributed by atoms with E-state index in [2.05, 4.69) is 0 Å². The summed E-state index contributed by atoms with van der Waals surface area (Å²) in [6.07, 6.45) is 0. The number of benzene rings is 2. The van der Waals surface area contributed by atoms with E-state index in [1.165, 1.54) is 17.8 Å². The lowest BCUT2D eigenvalue weighted by Gasteiger charge is -2.09. The Kier molecular flexibility index (Phi) is 3.82. The smallest absolute Gasteiger partial charge is 0.137 e. The molecular weight excluding hydrogens is 233 g/mol. The fourth-order valence-electron chi connectivity index (χ4n) is 1.57. The summed E-state index contributed by atoms with van der Waals surface area (Å²) in [5, 5.41) is 0. The molecule has 0 aliphatic rings. The molecule has 0 fully saturated rings. The predicted molar refractivity (Wildman–Crippen MR) is 69.6 cm³/mol. The van der Waals surface area contributed by atoms with E-state index >= 15 is 0 Å². The molecule has 0 amide bonds. The lowest BCUT2D eigenvalue weighted by Crippen LogP contribution is -1.98. The summed E-state index contributed by atoms with van der Waals surface area (Å²) in [6, 6.07) is 12.8. The molecule has 2 N–H and O–H groups in total. The number of rotatable bonds is 3. The normalized spacial score (nSPS) is 10.5. The van der Waals surface area contributed by atoms with Crippen LogP contribution in [0.3, 0.4) is 0 Å². The molecule has 0 radical (unpaired) electrons. The van der Waals surface area contributed by atoms with Gasteiger partial charge in [-0.1, -0.05) is 36.0 Å². The number of nitrogens with two attached hydrogens (primary N) is 1. The first kappa shape index (κ1) is 12.1. The molecule has 0 saturated heterocycles. The van der Waals surface area contributed by atoms with Crippen molar-refractivity contribution in [2.75, 3.05) is 0 Å². The Labute approximate surface area is 105 Å². The Morgan fingerprint density at radius 3 is 2.59 bits per heavy atom. The van der Waals surface area contributed by atoms with Gasteiger partial charge in [0.25, 0.3) is 0 Å². The minimum absolute atomic E-state index is 0.193. The van der Waals surface area contributed by atoms with Crippen molar-refractivity contribution in [2.24, 2.45) is 5.73 Å². The van der Waals surface area contributed by atoms with Crippen molar-refractivity contribution in [3.63, 3.8) is 0 Å². The molecule has 2 aromatic carbocycles. The molecule has 0 unspecified atom stereocenters. The number of halogens is 1. The Morgan fingerprint density at radius 2 is 1.88 bits per heavy atom. The summed E-state index contributed by atoms with van der Waals surface area (Å²) in [5.74, 6) is -0.193. The minimum Gasteiger partial charge on any atom is -0.326 e. The van der Waals surface area contributed by atoms with E-state index in [1.54, 1.807) is 12.1 Å². The van der Waals surface area contributed by atoms with Crippen molar-refractivity contribution < 1.29 is 4.39 Å². The molecule has 0 atom stereocenters. The van der Waals surface area contributed by atoms with Crippen molar-refractivity contribution in [2.45, 2.75) is 23.3 Å². The van der Waals surface area contributed by atoms with Crippen LogP contribution in [0.1, 0.15) is 11.1 Å². The fourth-order valence-corrected chi connectivity index (χ4v) is 2.65. The predicted octanol–water partition coefficient (Wildman–Crippen LogP) is 3.74. The Bertz CT molecular complexity index is 525. The van der Waals surface area contributed by atoms with E-state index in [1.807, 2.05) is 31.2 Å². The standard InChI is InChI=1S/C14H14FNS/c1-10-6-7-11(9-16)14(8-10)17-13-5-3-2-4-12(13)15/h2-8H,9,16H2,1H3. The first-order chi connectivity index (χ1) is 8.20.